The Kier molecular flexibility index (Phi) is 4.15. The lowest BCUT2D eigenvalue weighted by atomic mass is 9.87. The Morgan fingerprint density at radius 3 is 2.50 bits per heavy atom. The normalized spacial score (nSPS) is 29.5. The van der Waals surface area contributed by atoms with Gasteiger partial charge in [0.1, 0.15) is 5.60 Å². The first-order valence-electron chi connectivity index (χ1n) is 7.16. The number of hydrogen-bond donors (Lipinski definition) is 2. The Bertz CT molecular complexity index is 293. The number of ether oxygens (including phenoxy) is 1. The minimum atomic E-state index is -0.418. The maximum atomic E-state index is 11.8. The van der Waals surface area contributed by atoms with E-state index in [1.807, 2.05) is 20.8 Å². The van der Waals surface area contributed by atoms with Gasteiger partial charge in [-0.2, -0.15) is 0 Å². The highest BCUT2D eigenvalue weighted by atomic mass is 16.6. The van der Waals surface area contributed by atoms with Crippen molar-refractivity contribution in [3.63, 3.8) is 0 Å². The molecule has 2 N–H and O–H groups in total. The molecule has 0 radical (unpaired) electrons. The van der Waals surface area contributed by atoms with E-state index in [2.05, 4.69) is 10.6 Å². The van der Waals surface area contributed by atoms with Gasteiger partial charge in [0, 0.05) is 19.1 Å². The van der Waals surface area contributed by atoms with Crippen LogP contribution in [0, 0.1) is 11.8 Å². The Labute approximate surface area is 110 Å². The van der Waals surface area contributed by atoms with E-state index in [1.165, 1.54) is 25.7 Å². The second-order valence-electron chi connectivity index (χ2n) is 6.62. The fraction of sp³-hybridized carbons (Fsp3) is 0.929. The molecule has 0 aromatic rings. The zero-order valence-corrected chi connectivity index (χ0v) is 11.8. The van der Waals surface area contributed by atoms with Crippen LogP contribution in [-0.4, -0.2) is 30.8 Å². The van der Waals surface area contributed by atoms with Crippen LogP contribution in [0.5, 0.6) is 0 Å². The molecule has 2 aliphatic rings. The van der Waals surface area contributed by atoms with E-state index < -0.39 is 5.60 Å². The third kappa shape index (κ3) is 3.61. The van der Waals surface area contributed by atoms with Crippen LogP contribution in [-0.2, 0) is 4.74 Å². The standard InChI is InChI=1S/C14H26N2O2/c1-14(2,3)18-13(17)16-12-9-15-8-11(12)10-6-4-5-7-10/h10-12,15H,4-9H2,1-3H3,(H,16,17)/t11-,12+/m0/s1. The summed E-state index contributed by atoms with van der Waals surface area (Å²) >= 11 is 0. The molecule has 1 saturated carbocycles. The van der Waals surface area contributed by atoms with E-state index in [0.29, 0.717) is 5.92 Å². The van der Waals surface area contributed by atoms with Crippen molar-refractivity contribution in [1.82, 2.24) is 10.6 Å². The molecule has 104 valence electrons. The number of nitrogens with one attached hydrogen (secondary N) is 2. The van der Waals surface area contributed by atoms with Crippen LogP contribution in [0.2, 0.25) is 0 Å². The summed E-state index contributed by atoms with van der Waals surface area (Å²) in [4.78, 5) is 11.8. The van der Waals surface area contributed by atoms with Crippen molar-refractivity contribution in [2.45, 2.75) is 58.1 Å². The van der Waals surface area contributed by atoms with E-state index in [4.69, 9.17) is 4.74 Å². The summed E-state index contributed by atoms with van der Waals surface area (Å²) in [6, 6.07) is 0.239. The van der Waals surface area contributed by atoms with Gasteiger partial charge >= 0.3 is 6.09 Å². The molecule has 0 aromatic carbocycles. The topological polar surface area (TPSA) is 50.4 Å². The summed E-state index contributed by atoms with van der Waals surface area (Å²) < 4.78 is 5.33. The quantitative estimate of drug-likeness (QED) is 0.795. The number of rotatable bonds is 2. The molecular formula is C14H26N2O2. The molecule has 1 aliphatic carbocycles. The third-order valence-electron chi connectivity index (χ3n) is 3.97. The highest BCUT2D eigenvalue weighted by Crippen LogP contribution is 2.34. The molecule has 0 bridgehead atoms. The number of amides is 1. The van der Waals surface area contributed by atoms with E-state index in [9.17, 15) is 4.79 Å². The van der Waals surface area contributed by atoms with Crippen LogP contribution >= 0.6 is 0 Å². The average Bonchev–Trinajstić information content (AvgIpc) is 2.82. The fourth-order valence-corrected chi connectivity index (χ4v) is 3.20. The maximum Gasteiger partial charge on any atom is 0.407 e. The highest BCUT2D eigenvalue weighted by Gasteiger charge is 2.36. The molecule has 1 amide bonds. The van der Waals surface area contributed by atoms with Crippen molar-refractivity contribution in [2.24, 2.45) is 11.8 Å². The minimum Gasteiger partial charge on any atom is -0.444 e. The van der Waals surface area contributed by atoms with Gasteiger partial charge in [0.2, 0.25) is 0 Å². The van der Waals surface area contributed by atoms with Gasteiger partial charge < -0.3 is 15.4 Å². The molecule has 0 unspecified atom stereocenters. The highest BCUT2D eigenvalue weighted by molar-refractivity contribution is 5.68. The van der Waals surface area contributed by atoms with Gasteiger partial charge in [0.05, 0.1) is 0 Å². The van der Waals surface area contributed by atoms with Crippen molar-refractivity contribution in [1.29, 1.82) is 0 Å². The maximum absolute atomic E-state index is 11.8. The van der Waals surface area contributed by atoms with Crippen molar-refractivity contribution < 1.29 is 9.53 Å². The van der Waals surface area contributed by atoms with Crippen molar-refractivity contribution in [3.8, 4) is 0 Å². The molecule has 2 fully saturated rings. The molecule has 4 heteroatoms. The van der Waals surface area contributed by atoms with E-state index >= 15 is 0 Å². The van der Waals surface area contributed by atoms with E-state index in [-0.39, 0.29) is 12.1 Å². The predicted octanol–water partition coefficient (Wildman–Crippen LogP) is 2.29. The van der Waals surface area contributed by atoms with Crippen LogP contribution in [0.25, 0.3) is 0 Å². The molecule has 1 heterocycles. The second-order valence-corrected chi connectivity index (χ2v) is 6.62. The third-order valence-corrected chi connectivity index (χ3v) is 3.97. The van der Waals surface area contributed by atoms with Gasteiger partial charge in [-0.05, 0) is 32.6 Å². The van der Waals surface area contributed by atoms with Crippen molar-refractivity contribution >= 4 is 6.09 Å². The average molecular weight is 254 g/mol. The minimum absolute atomic E-state index is 0.239. The molecule has 1 saturated heterocycles. The predicted molar refractivity (Wildman–Crippen MR) is 71.5 cm³/mol. The number of hydrogen-bond acceptors (Lipinski definition) is 3. The lowest BCUT2D eigenvalue weighted by Crippen LogP contribution is -2.44. The van der Waals surface area contributed by atoms with Gasteiger partial charge in [-0.25, -0.2) is 4.79 Å². The van der Waals surface area contributed by atoms with Crippen LogP contribution in [0.15, 0.2) is 0 Å². The van der Waals surface area contributed by atoms with Crippen LogP contribution in [0.3, 0.4) is 0 Å². The van der Waals surface area contributed by atoms with Crippen LogP contribution in [0.4, 0.5) is 4.79 Å². The molecule has 1 aliphatic heterocycles. The Morgan fingerprint density at radius 1 is 1.22 bits per heavy atom. The zero-order valence-electron chi connectivity index (χ0n) is 11.8. The lowest BCUT2D eigenvalue weighted by Gasteiger charge is -2.27. The molecule has 2 atom stereocenters. The second kappa shape index (κ2) is 5.47. The number of carbonyl (C=O) groups is 1. The summed E-state index contributed by atoms with van der Waals surface area (Å²) in [7, 11) is 0. The largest absolute Gasteiger partial charge is 0.444 e. The van der Waals surface area contributed by atoms with Gasteiger partial charge in [-0.3, -0.25) is 0 Å². The number of carbonyl (C=O) groups excluding carboxylic acids is 1. The molecule has 18 heavy (non-hydrogen) atoms. The first-order chi connectivity index (χ1) is 8.46. The molecule has 2 rings (SSSR count). The summed E-state index contributed by atoms with van der Waals surface area (Å²) in [5.41, 5.74) is -0.418. The summed E-state index contributed by atoms with van der Waals surface area (Å²) in [6.45, 7) is 7.60. The number of alkyl carbamates (subject to hydrolysis) is 1. The first kappa shape index (κ1) is 13.7. The van der Waals surface area contributed by atoms with Crippen LogP contribution in [0.1, 0.15) is 46.5 Å². The molecule has 0 spiro atoms. The van der Waals surface area contributed by atoms with Crippen molar-refractivity contribution in [2.75, 3.05) is 13.1 Å². The monoisotopic (exact) mass is 254 g/mol. The summed E-state index contributed by atoms with van der Waals surface area (Å²) in [5, 5.41) is 6.44. The summed E-state index contributed by atoms with van der Waals surface area (Å²) in [5.74, 6) is 1.36. The Morgan fingerprint density at radius 2 is 1.89 bits per heavy atom. The molecule has 0 aromatic heterocycles. The Hall–Kier alpha value is -0.770. The van der Waals surface area contributed by atoms with Crippen LogP contribution < -0.4 is 10.6 Å². The van der Waals surface area contributed by atoms with E-state index in [0.717, 1.165) is 19.0 Å². The smallest absolute Gasteiger partial charge is 0.407 e. The van der Waals surface area contributed by atoms with Gasteiger partial charge in [0.25, 0.3) is 0 Å². The SMILES string of the molecule is CC(C)(C)OC(=O)N[C@@H]1CNC[C@H]1C1CCCC1. The lowest BCUT2D eigenvalue weighted by molar-refractivity contribution is 0.0489. The van der Waals surface area contributed by atoms with Gasteiger partial charge in [-0.1, -0.05) is 25.7 Å². The first-order valence-corrected chi connectivity index (χ1v) is 7.16. The summed E-state index contributed by atoms with van der Waals surface area (Å²) in [6.07, 6.45) is 5.05. The van der Waals surface area contributed by atoms with Gasteiger partial charge in [-0.15, -0.1) is 0 Å². The van der Waals surface area contributed by atoms with Crippen molar-refractivity contribution in [3.05, 3.63) is 0 Å². The zero-order chi connectivity index (χ0) is 13.2. The molecule has 4 nitrogen and oxygen atoms in total. The van der Waals surface area contributed by atoms with Gasteiger partial charge in [0.15, 0.2) is 0 Å². The molecular weight excluding hydrogens is 228 g/mol. The van der Waals surface area contributed by atoms with E-state index in [1.54, 1.807) is 0 Å². The fourth-order valence-electron chi connectivity index (χ4n) is 3.20. The Balaban J connectivity index is 1.85.